The minimum absolute atomic E-state index is 0.204. The summed E-state index contributed by atoms with van der Waals surface area (Å²) in [6.07, 6.45) is 15.5. The molecule has 116 valence electrons. The van der Waals surface area contributed by atoms with Crippen LogP contribution in [-0.2, 0) is 4.79 Å². The van der Waals surface area contributed by atoms with Gasteiger partial charge in [0.25, 0.3) is 0 Å². The lowest BCUT2D eigenvalue weighted by Gasteiger charge is -2.33. The third-order valence-electron chi connectivity index (χ3n) is 4.41. The summed E-state index contributed by atoms with van der Waals surface area (Å²) in [4.78, 5) is 12.2. The summed E-state index contributed by atoms with van der Waals surface area (Å²) in [5, 5.41) is 0.223. The largest absolute Gasteiger partial charge is 0.282 e. The SMILES string of the molecule is C=C(C)C(=O)SC1(CCCCC)CCCCCCCC1. The standard InChI is InChI=1S/C18H32OS/c1-4-5-10-13-18(20-17(19)16(2)3)14-11-8-6-7-9-12-15-18/h2,4-15H2,1,3H3. The first-order valence-electron chi connectivity index (χ1n) is 8.48. The molecule has 1 aliphatic carbocycles. The van der Waals surface area contributed by atoms with E-state index in [1.165, 1.54) is 77.0 Å². The average Bonchev–Trinajstić information content (AvgIpc) is 2.52. The maximum absolute atomic E-state index is 12.2. The van der Waals surface area contributed by atoms with Crippen LogP contribution in [0.5, 0.6) is 0 Å². The van der Waals surface area contributed by atoms with Crippen molar-refractivity contribution < 1.29 is 4.79 Å². The molecule has 0 aromatic rings. The van der Waals surface area contributed by atoms with Crippen LogP contribution in [-0.4, -0.2) is 9.86 Å². The molecule has 0 heterocycles. The molecule has 0 aromatic heterocycles. The summed E-state index contributed by atoms with van der Waals surface area (Å²) in [5.74, 6) is 0. The molecular weight excluding hydrogens is 264 g/mol. The van der Waals surface area contributed by atoms with Crippen LogP contribution in [0.4, 0.5) is 0 Å². The van der Waals surface area contributed by atoms with Crippen molar-refractivity contribution in [2.24, 2.45) is 0 Å². The topological polar surface area (TPSA) is 17.1 Å². The predicted molar refractivity (Wildman–Crippen MR) is 91.2 cm³/mol. The summed E-state index contributed by atoms with van der Waals surface area (Å²) in [5.41, 5.74) is 0.713. The molecule has 1 aliphatic rings. The zero-order chi connectivity index (χ0) is 14.8. The summed E-state index contributed by atoms with van der Waals surface area (Å²) >= 11 is 1.62. The van der Waals surface area contributed by atoms with Crippen molar-refractivity contribution in [1.29, 1.82) is 0 Å². The Morgan fingerprint density at radius 2 is 1.60 bits per heavy atom. The van der Waals surface area contributed by atoms with Gasteiger partial charge in [0.15, 0.2) is 0 Å². The van der Waals surface area contributed by atoms with E-state index in [4.69, 9.17) is 0 Å². The van der Waals surface area contributed by atoms with Crippen molar-refractivity contribution in [2.45, 2.75) is 95.6 Å². The molecule has 0 N–H and O–H groups in total. The summed E-state index contributed by atoms with van der Waals surface area (Å²) in [7, 11) is 0. The molecule has 1 nitrogen and oxygen atoms in total. The fourth-order valence-corrected chi connectivity index (χ4v) is 4.42. The fourth-order valence-electron chi connectivity index (χ4n) is 3.11. The Kier molecular flexibility index (Phi) is 8.60. The highest BCUT2D eigenvalue weighted by molar-refractivity contribution is 8.15. The van der Waals surface area contributed by atoms with Gasteiger partial charge in [0.1, 0.15) is 0 Å². The van der Waals surface area contributed by atoms with Crippen molar-refractivity contribution in [2.75, 3.05) is 0 Å². The van der Waals surface area contributed by atoms with E-state index in [0.717, 1.165) is 0 Å². The van der Waals surface area contributed by atoms with Crippen LogP contribution in [0.25, 0.3) is 0 Å². The zero-order valence-corrected chi connectivity index (χ0v) is 14.3. The van der Waals surface area contributed by atoms with Crippen molar-refractivity contribution >= 4 is 16.9 Å². The Labute approximate surface area is 130 Å². The maximum atomic E-state index is 12.2. The molecule has 0 aliphatic heterocycles. The lowest BCUT2D eigenvalue weighted by molar-refractivity contribution is -0.107. The molecule has 0 saturated heterocycles. The maximum Gasteiger partial charge on any atom is 0.214 e. The Morgan fingerprint density at radius 1 is 1.05 bits per heavy atom. The van der Waals surface area contributed by atoms with Gasteiger partial charge in [-0.15, -0.1) is 0 Å². The van der Waals surface area contributed by atoms with E-state index in [1.807, 2.05) is 6.92 Å². The molecule has 0 amide bonds. The minimum Gasteiger partial charge on any atom is -0.282 e. The van der Waals surface area contributed by atoms with E-state index in [-0.39, 0.29) is 9.86 Å². The van der Waals surface area contributed by atoms with Gasteiger partial charge in [0.05, 0.1) is 0 Å². The Bertz CT molecular complexity index is 299. The number of hydrogen-bond acceptors (Lipinski definition) is 2. The van der Waals surface area contributed by atoms with E-state index in [2.05, 4.69) is 13.5 Å². The van der Waals surface area contributed by atoms with Crippen LogP contribution < -0.4 is 0 Å². The summed E-state index contributed by atoms with van der Waals surface area (Å²) in [6, 6.07) is 0. The van der Waals surface area contributed by atoms with Gasteiger partial charge in [-0.05, 0) is 31.8 Å². The van der Waals surface area contributed by atoms with Crippen LogP contribution >= 0.6 is 11.8 Å². The smallest absolute Gasteiger partial charge is 0.214 e. The van der Waals surface area contributed by atoms with E-state index >= 15 is 0 Å². The first kappa shape index (κ1) is 17.8. The summed E-state index contributed by atoms with van der Waals surface area (Å²) in [6.45, 7) is 7.94. The van der Waals surface area contributed by atoms with Crippen LogP contribution in [0.3, 0.4) is 0 Å². The van der Waals surface area contributed by atoms with Gasteiger partial charge in [0.2, 0.25) is 5.12 Å². The lowest BCUT2D eigenvalue weighted by Crippen LogP contribution is -2.27. The van der Waals surface area contributed by atoms with E-state index in [9.17, 15) is 4.79 Å². The normalized spacial score (nSPS) is 19.7. The molecule has 1 rings (SSSR count). The summed E-state index contributed by atoms with van der Waals surface area (Å²) < 4.78 is 0.204. The average molecular weight is 297 g/mol. The Morgan fingerprint density at radius 3 is 2.10 bits per heavy atom. The third kappa shape index (κ3) is 6.47. The van der Waals surface area contributed by atoms with E-state index in [1.54, 1.807) is 11.8 Å². The zero-order valence-electron chi connectivity index (χ0n) is 13.5. The van der Waals surface area contributed by atoms with Gasteiger partial charge in [-0.1, -0.05) is 83.1 Å². The first-order chi connectivity index (χ1) is 9.59. The van der Waals surface area contributed by atoms with Crippen LogP contribution in [0.2, 0.25) is 0 Å². The second-order valence-electron chi connectivity index (χ2n) is 6.43. The lowest BCUT2D eigenvalue weighted by atomic mass is 9.90. The molecule has 1 fully saturated rings. The van der Waals surface area contributed by atoms with Crippen molar-refractivity contribution in [3.8, 4) is 0 Å². The van der Waals surface area contributed by atoms with Crippen molar-refractivity contribution in [1.82, 2.24) is 0 Å². The molecule has 0 spiro atoms. The van der Waals surface area contributed by atoms with Gasteiger partial charge >= 0.3 is 0 Å². The molecule has 0 bridgehead atoms. The van der Waals surface area contributed by atoms with Gasteiger partial charge in [-0.3, -0.25) is 4.79 Å². The van der Waals surface area contributed by atoms with Gasteiger partial charge in [0, 0.05) is 4.75 Å². The van der Waals surface area contributed by atoms with E-state index in [0.29, 0.717) is 5.57 Å². The molecule has 0 atom stereocenters. The van der Waals surface area contributed by atoms with Crippen LogP contribution in [0.15, 0.2) is 12.2 Å². The molecule has 0 radical (unpaired) electrons. The molecule has 0 aromatic carbocycles. The Balaban J connectivity index is 2.72. The molecule has 1 saturated carbocycles. The highest BCUT2D eigenvalue weighted by Crippen LogP contribution is 2.43. The van der Waals surface area contributed by atoms with Crippen molar-refractivity contribution in [3.63, 3.8) is 0 Å². The second kappa shape index (κ2) is 9.65. The monoisotopic (exact) mass is 296 g/mol. The highest BCUT2D eigenvalue weighted by Gasteiger charge is 2.32. The fraction of sp³-hybridized carbons (Fsp3) is 0.833. The number of unbranched alkanes of at least 4 members (excludes halogenated alkanes) is 2. The number of hydrogen-bond donors (Lipinski definition) is 0. The molecule has 2 heteroatoms. The number of rotatable bonds is 6. The van der Waals surface area contributed by atoms with Crippen molar-refractivity contribution in [3.05, 3.63) is 12.2 Å². The number of carbonyl (C=O) groups is 1. The molecule has 0 unspecified atom stereocenters. The molecule has 20 heavy (non-hydrogen) atoms. The predicted octanol–water partition coefficient (Wildman–Crippen LogP) is 6.28. The quantitative estimate of drug-likeness (QED) is 0.424. The number of carbonyl (C=O) groups excluding carboxylic acids is 1. The minimum atomic E-state index is 0.204. The van der Waals surface area contributed by atoms with Crippen LogP contribution in [0.1, 0.15) is 90.9 Å². The molecular formula is C18H32OS. The number of thioether (sulfide) groups is 1. The second-order valence-corrected chi connectivity index (χ2v) is 7.87. The van der Waals surface area contributed by atoms with E-state index < -0.39 is 0 Å². The highest BCUT2D eigenvalue weighted by atomic mass is 32.2. The Hall–Kier alpha value is -0.240. The first-order valence-corrected chi connectivity index (χ1v) is 9.30. The van der Waals surface area contributed by atoms with Crippen LogP contribution in [0, 0.1) is 0 Å². The van der Waals surface area contributed by atoms with Gasteiger partial charge in [-0.25, -0.2) is 0 Å². The van der Waals surface area contributed by atoms with Gasteiger partial charge < -0.3 is 0 Å². The third-order valence-corrected chi connectivity index (χ3v) is 5.99. The van der Waals surface area contributed by atoms with Gasteiger partial charge in [-0.2, -0.15) is 0 Å².